The Hall–Kier alpha value is -3.76. The molecule has 0 spiro atoms. The number of aromatic nitrogens is 3. The average Bonchev–Trinajstić information content (AvgIpc) is 2.91. The minimum Gasteiger partial charge on any atom is -0.369 e. The molecule has 4 aromatic rings. The van der Waals surface area contributed by atoms with Gasteiger partial charge in [0, 0.05) is 55.2 Å². The first-order valence-electron chi connectivity index (χ1n) is 12.3. The van der Waals surface area contributed by atoms with Gasteiger partial charge in [-0.25, -0.2) is 13.4 Å². The molecule has 0 saturated carbocycles. The first-order chi connectivity index (χ1) is 17.8. The van der Waals surface area contributed by atoms with Gasteiger partial charge >= 0.3 is 0 Å². The van der Waals surface area contributed by atoms with Gasteiger partial charge in [0.2, 0.25) is 5.95 Å². The first-order valence-corrected chi connectivity index (χ1v) is 14.0. The number of sulfone groups is 1. The molecule has 5 rings (SSSR count). The number of nitrogens with zero attached hydrogens (tertiary/aromatic N) is 5. The molecule has 2 aromatic carbocycles. The number of benzene rings is 2. The van der Waals surface area contributed by atoms with Crippen LogP contribution in [0.25, 0.3) is 11.0 Å². The zero-order valence-corrected chi connectivity index (χ0v) is 21.8. The molecule has 1 aliphatic heterocycles. The van der Waals surface area contributed by atoms with Crippen LogP contribution in [0.1, 0.15) is 12.5 Å². The van der Waals surface area contributed by atoms with Gasteiger partial charge in [-0.05, 0) is 49.0 Å². The van der Waals surface area contributed by atoms with E-state index in [1.54, 1.807) is 43.5 Å². The maximum Gasteiger partial charge on any atom is 0.252 e. The maximum absolute atomic E-state index is 12.9. The Morgan fingerprint density at radius 3 is 2.41 bits per heavy atom. The summed E-state index contributed by atoms with van der Waals surface area (Å²) in [5, 5.41) is 3.91. The van der Waals surface area contributed by atoms with Gasteiger partial charge in [-0.15, -0.1) is 0 Å². The van der Waals surface area contributed by atoms with Crippen LogP contribution in [0.3, 0.4) is 0 Å². The summed E-state index contributed by atoms with van der Waals surface area (Å²) >= 11 is 0. The van der Waals surface area contributed by atoms with Gasteiger partial charge in [-0.2, -0.15) is 4.98 Å². The molecule has 0 amide bonds. The third kappa shape index (κ3) is 5.35. The van der Waals surface area contributed by atoms with Crippen molar-refractivity contribution in [3.63, 3.8) is 0 Å². The summed E-state index contributed by atoms with van der Waals surface area (Å²) < 4.78 is 26.7. The molecule has 2 aromatic heterocycles. The van der Waals surface area contributed by atoms with E-state index in [4.69, 9.17) is 0 Å². The quantitative estimate of drug-likeness (QED) is 0.398. The summed E-state index contributed by atoms with van der Waals surface area (Å²) in [5.74, 6) is 0.340. The lowest BCUT2D eigenvalue weighted by Crippen LogP contribution is -2.44. The number of hydrogen-bond acceptors (Lipinski definition) is 8. The van der Waals surface area contributed by atoms with Crippen LogP contribution in [0.2, 0.25) is 0 Å². The van der Waals surface area contributed by atoms with Crippen molar-refractivity contribution in [2.45, 2.75) is 18.4 Å². The van der Waals surface area contributed by atoms with Crippen LogP contribution in [0, 0.1) is 0 Å². The monoisotopic (exact) mass is 518 g/mol. The number of rotatable bonds is 7. The fourth-order valence-corrected chi connectivity index (χ4v) is 5.63. The van der Waals surface area contributed by atoms with E-state index in [1.807, 2.05) is 12.1 Å². The molecule has 0 aliphatic carbocycles. The fourth-order valence-electron chi connectivity index (χ4n) is 4.50. The molecule has 1 aliphatic rings. The van der Waals surface area contributed by atoms with Crippen LogP contribution < -0.4 is 15.8 Å². The van der Waals surface area contributed by atoms with Gasteiger partial charge in [0.25, 0.3) is 5.56 Å². The van der Waals surface area contributed by atoms with E-state index >= 15 is 0 Å². The molecule has 192 valence electrons. The van der Waals surface area contributed by atoms with E-state index in [-0.39, 0.29) is 22.8 Å². The van der Waals surface area contributed by atoms with Gasteiger partial charge in [0.1, 0.15) is 5.65 Å². The number of fused-ring (bicyclic) bond motifs is 1. The SMILES string of the molecule is CCS(=O)(=O)c1ccccc1Cn1c(=O)ccc2cnc(Nc3ccc(N4CCN(C)CC4)cc3)nc21. The number of nitrogens with one attached hydrogen (secondary N) is 1. The second kappa shape index (κ2) is 10.3. The lowest BCUT2D eigenvalue weighted by molar-refractivity contribution is 0.313. The number of hydrogen-bond donors (Lipinski definition) is 1. The number of pyridine rings is 1. The van der Waals surface area contributed by atoms with E-state index in [0.717, 1.165) is 31.9 Å². The smallest absolute Gasteiger partial charge is 0.252 e. The predicted molar refractivity (Wildman–Crippen MR) is 147 cm³/mol. The molecule has 1 N–H and O–H groups in total. The van der Waals surface area contributed by atoms with Crippen molar-refractivity contribution in [2.24, 2.45) is 0 Å². The topological polar surface area (TPSA) is 100 Å². The molecule has 0 unspecified atom stereocenters. The zero-order valence-electron chi connectivity index (χ0n) is 21.0. The van der Waals surface area contributed by atoms with Crippen molar-refractivity contribution in [1.29, 1.82) is 0 Å². The van der Waals surface area contributed by atoms with E-state index in [2.05, 4.69) is 44.3 Å². The van der Waals surface area contributed by atoms with Crippen LogP contribution in [0.15, 0.2) is 76.6 Å². The molecule has 3 heterocycles. The van der Waals surface area contributed by atoms with Crippen LogP contribution in [0.5, 0.6) is 0 Å². The largest absolute Gasteiger partial charge is 0.369 e. The lowest BCUT2D eigenvalue weighted by atomic mass is 10.2. The second-order valence-electron chi connectivity index (χ2n) is 9.20. The number of piperazine rings is 1. The standard InChI is InChI=1S/C27H30N6O3S/c1-3-37(35,36)24-7-5-4-6-21(24)19-33-25(34)13-8-20-18-28-27(30-26(20)33)29-22-9-11-23(12-10-22)32-16-14-31(2)15-17-32/h4-13,18H,3,14-17,19H2,1-2H3,(H,28,29,30). The van der Waals surface area contributed by atoms with Crippen molar-refractivity contribution in [1.82, 2.24) is 19.4 Å². The Morgan fingerprint density at radius 1 is 0.946 bits per heavy atom. The third-order valence-corrected chi connectivity index (χ3v) is 8.56. The summed E-state index contributed by atoms with van der Waals surface area (Å²) in [7, 11) is -1.31. The molecule has 1 saturated heterocycles. The van der Waals surface area contributed by atoms with Gasteiger partial charge in [-0.3, -0.25) is 9.36 Å². The number of anilines is 3. The van der Waals surface area contributed by atoms with Crippen molar-refractivity contribution in [3.8, 4) is 0 Å². The van der Waals surface area contributed by atoms with Crippen LogP contribution in [-0.2, 0) is 16.4 Å². The zero-order chi connectivity index (χ0) is 26.0. The Morgan fingerprint density at radius 2 is 1.68 bits per heavy atom. The highest BCUT2D eigenvalue weighted by molar-refractivity contribution is 7.91. The lowest BCUT2D eigenvalue weighted by Gasteiger charge is -2.34. The highest BCUT2D eigenvalue weighted by Gasteiger charge is 2.18. The van der Waals surface area contributed by atoms with E-state index in [9.17, 15) is 13.2 Å². The van der Waals surface area contributed by atoms with Gasteiger partial charge in [0.15, 0.2) is 9.84 Å². The Labute approximate surface area is 216 Å². The summed E-state index contributed by atoms with van der Waals surface area (Å²) in [6.45, 7) is 5.78. The minimum absolute atomic E-state index is 0.0156. The summed E-state index contributed by atoms with van der Waals surface area (Å²) in [6.07, 6.45) is 1.66. The van der Waals surface area contributed by atoms with Crippen LogP contribution >= 0.6 is 0 Å². The van der Waals surface area contributed by atoms with E-state index in [0.29, 0.717) is 22.5 Å². The Balaban J connectivity index is 1.43. The Kier molecular flexibility index (Phi) is 6.94. The molecule has 37 heavy (non-hydrogen) atoms. The van der Waals surface area contributed by atoms with Crippen molar-refractivity contribution in [3.05, 3.63) is 82.8 Å². The van der Waals surface area contributed by atoms with Crippen molar-refractivity contribution in [2.75, 3.05) is 49.2 Å². The number of likely N-dealkylation sites (N-methyl/N-ethyl adjacent to an activating group) is 1. The highest BCUT2D eigenvalue weighted by Crippen LogP contribution is 2.23. The Bertz CT molecular complexity index is 1580. The summed E-state index contributed by atoms with van der Waals surface area (Å²) in [5.41, 5.74) is 2.72. The first kappa shape index (κ1) is 24.9. The molecular formula is C27H30N6O3S. The van der Waals surface area contributed by atoms with Gasteiger partial charge in [0.05, 0.1) is 17.2 Å². The summed E-state index contributed by atoms with van der Waals surface area (Å²) in [6, 6.07) is 18.0. The van der Waals surface area contributed by atoms with E-state index < -0.39 is 9.84 Å². The molecule has 0 radical (unpaired) electrons. The normalized spacial score (nSPS) is 14.7. The third-order valence-electron chi connectivity index (χ3n) is 6.73. The molecular weight excluding hydrogens is 488 g/mol. The maximum atomic E-state index is 12.9. The fraction of sp³-hybridized carbons (Fsp3) is 0.296. The summed E-state index contributed by atoms with van der Waals surface area (Å²) in [4.78, 5) is 26.8. The average molecular weight is 519 g/mol. The van der Waals surface area contributed by atoms with Crippen LogP contribution in [0.4, 0.5) is 17.3 Å². The highest BCUT2D eigenvalue weighted by atomic mass is 32.2. The molecule has 0 atom stereocenters. The van der Waals surface area contributed by atoms with Crippen molar-refractivity contribution < 1.29 is 8.42 Å². The van der Waals surface area contributed by atoms with E-state index in [1.165, 1.54) is 16.3 Å². The van der Waals surface area contributed by atoms with Gasteiger partial charge < -0.3 is 15.1 Å². The molecule has 0 bridgehead atoms. The molecule has 1 fully saturated rings. The predicted octanol–water partition coefficient (Wildman–Crippen LogP) is 3.13. The van der Waals surface area contributed by atoms with Crippen molar-refractivity contribution >= 4 is 38.2 Å². The van der Waals surface area contributed by atoms with Crippen LogP contribution in [-0.4, -0.2) is 66.8 Å². The minimum atomic E-state index is -3.44. The molecule has 9 nitrogen and oxygen atoms in total. The molecule has 10 heteroatoms. The van der Waals surface area contributed by atoms with Gasteiger partial charge in [-0.1, -0.05) is 25.1 Å². The second-order valence-corrected chi connectivity index (χ2v) is 11.5.